The molecule has 1 aromatic rings. The number of halogens is 2. The van der Waals surface area contributed by atoms with Crippen molar-refractivity contribution >= 4 is 11.8 Å². The molecule has 0 N–H and O–H groups in total. The molecule has 0 bridgehead atoms. The lowest BCUT2D eigenvalue weighted by Crippen LogP contribution is -2.37. The number of benzene rings is 1. The smallest absolute Gasteiger partial charge is 0.320 e. The lowest BCUT2D eigenvalue weighted by atomic mass is 9.77. The van der Waals surface area contributed by atoms with Crippen molar-refractivity contribution in [3.63, 3.8) is 0 Å². The zero-order valence-corrected chi connectivity index (χ0v) is 9.83. The van der Waals surface area contributed by atoms with E-state index in [9.17, 15) is 18.4 Å². The standard InChI is InChI=1S/C13H12F2O3/c1-8(16)13(5-6-18-12(13)17)7-9-10(14)3-2-4-11(9)15/h2-4H,5-7H2,1H3. The van der Waals surface area contributed by atoms with Gasteiger partial charge in [0.25, 0.3) is 0 Å². The van der Waals surface area contributed by atoms with Crippen molar-refractivity contribution in [2.45, 2.75) is 19.8 Å². The minimum absolute atomic E-state index is 0.106. The molecule has 5 heteroatoms. The summed E-state index contributed by atoms with van der Waals surface area (Å²) in [6.07, 6.45) is -0.130. The van der Waals surface area contributed by atoms with Gasteiger partial charge in [0, 0.05) is 18.4 Å². The van der Waals surface area contributed by atoms with E-state index >= 15 is 0 Å². The molecule has 0 radical (unpaired) electrons. The first kappa shape index (κ1) is 12.7. The summed E-state index contributed by atoms with van der Waals surface area (Å²) in [5.74, 6) is -2.63. The van der Waals surface area contributed by atoms with Crippen LogP contribution in [-0.2, 0) is 20.7 Å². The van der Waals surface area contributed by atoms with Gasteiger partial charge in [-0.25, -0.2) is 8.78 Å². The third kappa shape index (κ3) is 1.89. The van der Waals surface area contributed by atoms with Crippen molar-refractivity contribution in [2.75, 3.05) is 6.61 Å². The zero-order valence-electron chi connectivity index (χ0n) is 9.83. The predicted octanol–water partition coefficient (Wildman–Crippen LogP) is 2.03. The molecule has 0 aliphatic carbocycles. The second-order valence-corrected chi connectivity index (χ2v) is 4.40. The number of ether oxygens (including phenoxy) is 1. The first-order chi connectivity index (χ1) is 8.47. The van der Waals surface area contributed by atoms with Crippen LogP contribution in [-0.4, -0.2) is 18.4 Å². The molecule has 0 amide bonds. The van der Waals surface area contributed by atoms with E-state index in [1.807, 2.05) is 0 Å². The number of Topliss-reactive ketones (excluding diaryl/α,β-unsaturated/α-hetero) is 1. The highest BCUT2D eigenvalue weighted by Gasteiger charge is 2.49. The summed E-state index contributed by atoms with van der Waals surface area (Å²) in [6.45, 7) is 1.35. The van der Waals surface area contributed by atoms with Crippen LogP contribution < -0.4 is 0 Å². The van der Waals surface area contributed by atoms with Gasteiger partial charge in [0.1, 0.15) is 22.8 Å². The fourth-order valence-electron chi connectivity index (χ4n) is 2.17. The molecule has 1 unspecified atom stereocenters. The van der Waals surface area contributed by atoms with Crippen LogP contribution in [0.1, 0.15) is 18.9 Å². The molecular formula is C13H12F2O3. The second-order valence-electron chi connectivity index (χ2n) is 4.40. The predicted molar refractivity (Wildman–Crippen MR) is 58.8 cm³/mol. The molecule has 1 fully saturated rings. The zero-order chi connectivity index (χ0) is 13.3. The van der Waals surface area contributed by atoms with Crippen LogP contribution in [0.15, 0.2) is 18.2 Å². The van der Waals surface area contributed by atoms with E-state index in [1.165, 1.54) is 13.0 Å². The van der Waals surface area contributed by atoms with E-state index in [1.54, 1.807) is 0 Å². The lowest BCUT2D eigenvalue weighted by molar-refractivity contribution is -0.150. The van der Waals surface area contributed by atoms with Crippen LogP contribution in [0.5, 0.6) is 0 Å². The van der Waals surface area contributed by atoms with Crippen molar-refractivity contribution in [1.29, 1.82) is 0 Å². The molecule has 0 spiro atoms. The Bertz CT molecular complexity index is 493. The molecule has 18 heavy (non-hydrogen) atoms. The Morgan fingerprint density at radius 2 is 2.00 bits per heavy atom. The highest BCUT2D eigenvalue weighted by atomic mass is 19.1. The maximum atomic E-state index is 13.6. The average molecular weight is 254 g/mol. The summed E-state index contributed by atoms with van der Waals surface area (Å²) >= 11 is 0. The van der Waals surface area contributed by atoms with E-state index in [0.717, 1.165) is 12.1 Å². The fraction of sp³-hybridized carbons (Fsp3) is 0.385. The number of hydrogen-bond donors (Lipinski definition) is 0. The van der Waals surface area contributed by atoms with Crippen LogP contribution >= 0.6 is 0 Å². The maximum Gasteiger partial charge on any atom is 0.320 e. The Kier molecular flexibility index (Phi) is 3.15. The van der Waals surface area contributed by atoms with Gasteiger partial charge in [-0.05, 0) is 19.1 Å². The van der Waals surface area contributed by atoms with Gasteiger partial charge in [-0.15, -0.1) is 0 Å². The molecule has 2 rings (SSSR count). The topological polar surface area (TPSA) is 43.4 Å². The van der Waals surface area contributed by atoms with Gasteiger partial charge >= 0.3 is 5.97 Å². The van der Waals surface area contributed by atoms with Gasteiger partial charge in [-0.1, -0.05) is 6.07 Å². The van der Waals surface area contributed by atoms with E-state index in [2.05, 4.69) is 0 Å². The Morgan fingerprint density at radius 1 is 1.39 bits per heavy atom. The van der Waals surface area contributed by atoms with E-state index in [4.69, 9.17) is 4.74 Å². The summed E-state index contributed by atoms with van der Waals surface area (Å²) in [5, 5.41) is 0. The Morgan fingerprint density at radius 3 is 2.44 bits per heavy atom. The van der Waals surface area contributed by atoms with Gasteiger partial charge in [0.15, 0.2) is 0 Å². The molecule has 96 valence electrons. The minimum Gasteiger partial charge on any atom is -0.465 e. The Labute approximate surface area is 103 Å². The van der Waals surface area contributed by atoms with Crippen LogP contribution in [0.3, 0.4) is 0 Å². The Hall–Kier alpha value is -1.78. The molecule has 1 aliphatic rings. The fourth-order valence-corrected chi connectivity index (χ4v) is 2.17. The Balaban J connectivity index is 2.42. The molecule has 1 aromatic carbocycles. The molecule has 1 aliphatic heterocycles. The third-order valence-corrected chi connectivity index (χ3v) is 3.37. The normalized spacial score (nSPS) is 22.9. The number of hydrogen-bond acceptors (Lipinski definition) is 3. The van der Waals surface area contributed by atoms with Crippen LogP contribution in [0.25, 0.3) is 0 Å². The van der Waals surface area contributed by atoms with E-state index in [0.29, 0.717) is 0 Å². The molecule has 0 aromatic heterocycles. The van der Waals surface area contributed by atoms with Gasteiger partial charge < -0.3 is 4.74 Å². The van der Waals surface area contributed by atoms with Gasteiger partial charge in [-0.2, -0.15) is 0 Å². The van der Waals surface area contributed by atoms with E-state index < -0.39 is 28.8 Å². The lowest BCUT2D eigenvalue weighted by Gasteiger charge is -2.21. The minimum atomic E-state index is -1.44. The summed E-state index contributed by atoms with van der Waals surface area (Å²) in [5.41, 5.74) is -1.69. The highest BCUT2D eigenvalue weighted by Crippen LogP contribution is 2.36. The second kappa shape index (κ2) is 4.48. The van der Waals surface area contributed by atoms with Crippen LogP contribution in [0.4, 0.5) is 8.78 Å². The van der Waals surface area contributed by atoms with Crippen molar-refractivity contribution in [3.8, 4) is 0 Å². The number of carbonyl (C=O) groups excluding carboxylic acids is 2. The van der Waals surface area contributed by atoms with Gasteiger partial charge in [0.05, 0.1) is 6.61 Å². The van der Waals surface area contributed by atoms with Crippen molar-refractivity contribution in [1.82, 2.24) is 0 Å². The van der Waals surface area contributed by atoms with Crippen LogP contribution in [0, 0.1) is 17.0 Å². The number of esters is 1. The van der Waals surface area contributed by atoms with E-state index in [-0.39, 0.29) is 25.0 Å². The van der Waals surface area contributed by atoms with Crippen LogP contribution in [0.2, 0.25) is 0 Å². The summed E-state index contributed by atoms with van der Waals surface area (Å²) in [6, 6.07) is 3.45. The molecule has 1 heterocycles. The number of carbonyl (C=O) groups is 2. The molecule has 1 saturated heterocycles. The largest absolute Gasteiger partial charge is 0.465 e. The molecule has 0 saturated carbocycles. The average Bonchev–Trinajstić information content (AvgIpc) is 2.67. The quantitative estimate of drug-likeness (QED) is 0.612. The number of rotatable bonds is 3. The monoisotopic (exact) mass is 254 g/mol. The van der Waals surface area contributed by atoms with Crippen molar-refractivity contribution < 1.29 is 23.1 Å². The maximum absolute atomic E-state index is 13.6. The summed E-state index contributed by atoms with van der Waals surface area (Å²) in [7, 11) is 0. The molecular weight excluding hydrogens is 242 g/mol. The summed E-state index contributed by atoms with van der Waals surface area (Å²) in [4.78, 5) is 23.3. The van der Waals surface area contributed by atoms with Crippen molar-refractivity contribution in [3.05, 3.63) is 35.4 Å². The first-order valence-corrected chi connectivity index (χ1v) is 5.58. The third-order valence-electron chi connectivity index (χ3n) is 3.37. The van der Waals surface area contributed by atoms with Gasteiger partial charge in [0.2, 0.25) is 0 Å². The number of cyclic esters (lactones) is 1. The number of ketones is 1. The SMILES string of the molecule is CC(=O)C1(Cc2c(F)cccc2F)CCOC1=O. The van der Waals surface area contributed by atoms with Crippen molar-refractivity contribution in [2.24, 2.45) is 5.41 Å². The summed E-state index contributed by atoms with van der Waals surface area (Å²) < 4.78 is 31.9. The highest BCUT2D eigenvalue weighted by molar-refractivity contribution is 6.04. The molecule has 3 nitrogen and oxygen atoms in total. The van der Waals surface area contributed by atoms with Gasteiger partial charge in [-0.3, -0.25) is 9.59 Å². The first-order valence-electron chi connectivity index (χ1n) is 5.58. The molecule has 1 atom stereocenters.